The van der Waals surface area contributed by atoms with Crippen LogP contribution in [-0.4, -0.2) is 50.0 Å². The highest BCUT2D eigenvalue weighted by atomic mass is 16.3. The van der Waals surface area contributed by atoms with Crippen molar-refractivity contribution in [2.45, 2.75) is 51.2 Å². The zero-order chi connectivity index (χ0) is 23.4. The van der Waals surface area contributed by atoms with Crippen LogP contribution in [0.15, 0.2) is 55.0 Å². The SMILES string of the molecule is CC(C)(O)CC(=O)N1CCC(c2ccc(NC(=O)NCc3ccn4ccnc4c3)cc2)CC1. The van der Waals surface area contributed by atoms with E-state index in [2.05, 4.69) is 15.6 Å². The number of urea groups is 1. The number of aromatic nitrogens is 2. The number of piperidine rings is 1. The van der Waals surface area contributed by atoms with Crippen LogP contribution in [-0.2, 0) is 11.3 Å². The fourth-order valence-corrected chi connectivity index (χ4v) is 4.20. The molecule has 0 unspecified atom stereocenters. The van der Waals surface area contributed by atoms with Crippen LogP contribution in [0.5, 0.6) is 0 Å². The first-order valence-corrected chi connectivity index (χ1v) is 11.3. The van der Waals surface area contributed by atoms with Gasteiger partial charge in [-0.15, -0.1) is 0 Å². The molecule has 0 radical (unpaired) electrons. The predicted octanol–water partition coefficient (Wildman–Crippen LogP) is 3.52. The number of rotatable bonds is 6. The van der Waals surface area contributed by atoms with Crippen molar-refractivity contribution in [3.63, 3.8) is 0 Å². The van der Waals surface area contributed by atoms with E-state index in [4.69, 9.17) is 0 Å². The van der Waals surface area contributed by atoms with Crippen LogP contribution >= 0.6 is 0 Å². The first-order chi connectivity index (χ1) is 15.8. The van der Waals surface area contributed by atoms with Gasteiger partial charge in [0.15, 0.2) is 0 Å². The molecule has 3 heterocycles. The van der Waals surface area contributed by atoms with Crippen LogP contribution in [0.4, 0.5) is 10.5 Å². The number of aliphatic hydroxyl groups is 1. The Morgan fingerprint density at radius 2 is 1.85 bits per heavy atom. The van der Waals surface area contributed by atoms with E-state index in [-0.39, 0.29) is 18.4 Å². The van der Waals surface area contributed by atoms with Crippen LogP contribution < -0.4 is 10.6 Å². The molecular weight excluding hydrogens is 418 g/mol. The molecule has 0 aliphatic carbocycles. The monoisotopic (exact) mass is 449 g/mol. The second-order valence-corrected chi connectivity index (χ2v) is 9.30. The maximum Gasteiger partial charge on any atom is 0.319 e. The number of imidazole rings is 1. The minimum Gasteiger partial charge on any atom is -0.390 e. The molecule has 2 aromatic heterocycles. The standard InChI is InChI=1S/C25H31N5O3/c1-25(2,33)16-23(31)30-12-8-20(9-13-30)19-3-5-21(6-4-19)28-24(32)27-17-18-7-11-29-14-10-26-22(29)15-18/h3-7,10-11,14-15,20,33H,8-9,12-13,16-17H2,1-2H3,(H2,27,28,32). The van der Waals surface area contributed by atoms with E-state index >= 15 is 0 Å². The summed E-state index contributed by atoms with van der Waals surface area (Å²) in [4.78, 5) is 30.7. The van der Waals surface area contributed by atoms with E-state index in [0.717, 1.165) is 29.7 Å². The number of hydrogen-bond acceptors (Lipinski definition) is 4. The lowest BCUT2D eigenvalue weighted by molar-refractivity contribution is -0.136. The Morgan fingerprint density at radius 1 is 1.12 bits per heavy atom. The second-order valence-electron chi connectivity index (χ2n) is 9.30. The number of carbonyl (C=O) groups is 2. The van der Waals surface area contributed by atoms with E-state index in [0.29, 0.717) is 25.6 Å². The number of likely N-dealkylation sites (tertiary alicyclic amines) is 1. The van der Waals surface area contributed by atoms with Crippen LogP contribution in [0.3, 0.4) is 0 Å². The van der Waals surface area contributed by atoms with Gasteiger partial charge in [-0.1, -0.05) is 12.1 Å². The van der Waals surface area contributed by atoms with Crippen molar-refractivity contribution in [2.75, 3.05) is 18.4 Å². The number of hydrogen-bond donors (Lipinski definition) is 3. The van der Waals surface area contributed by atoms with Gasteiger partial charge >= 0.3 is 6.03 Å². The topological polar surface area (TPSA) is 99.0 Å². The summed E-state index contributed by atoms with van der Waals surface area (Å²) in [5.74, 6) is 0.396. The van der Waals surface area contributed by atoms with Crippen molar-refractivity contribution in [3.05, 3.63) is 66.1 Å². The third-order valence-corrected chi connectivity index (χ3v) is 5.99. The highest BCUT2D eigenvalue weighted by Crippen LogP contribution is 2.29. The molecule has 1 aliphatic heterocycles. The predicted molar refractivity (Wildman–Crippen MR) is 127 cm³/mol. The van der Waals surface area contributed by atoms with Crippen molar-refractivity contribution in [1.29, 1.82) is 0 Å². The number of anilines is 1. The average Bonchev–Trinajstić information content (AvgIpc) is 3.25. The van der Waals surface area contributed by atoms with Crippen molar-refractivity contribution in [1.82, 2.24) is 19.6 Å². The fraction of sp³-hybridized carbons (Fsp3) is 0.400. The summed E-state index contributed by atoms with van der Waals surface area (Å²) in [5, 5.41) is 15.6. The number of nitrogens with one attached hydrogen (secondary N) is 2. The molecule has 0 bridgehead atoms. The number of carbonyl (C=O) groups excluding carboxylic acids is 2. The van der Waals surface area contributed by atoms with Gasteiger partial charge in [0, 0.05) is 43.9 Å². The Hall–Kier alpha value is -3.39. The molecule has 0 atom stereocenters. The Kier molecular flexibility index (Phi) is 6.65. The normalized spacial score (nSPS) is 14.9. The molecule has 4 rings (SSSR count). The lowest BCUT2D eigenvalue weighted by Crippen LogP contribution is -2.41. The Balaban J connectivity index is 1.24. The van der Waals surface area contributed by atoms with Crippen LogP contribution in [0.25, 0.3) is 5.65 Å². The number of benzene rings is 1. The molecule has 0 spiro atoms. The van der Waals surface area contributed by atoms with Crippen molar-refractivity contribution < 1.29 is 14.7 Å². The first-order valence-electron chi connectivity index (χ1n) is 11.3. The van der Waals surface area contributed by atoms with Crippen molar-refractivity contribution in [2.24, 2.45) is 0 Å². The van der Waals surface area contributed by atoms with Gasteiger partial charge < -0.3 is 25.0 Å². The number of nitrogens with zero attached hydrogens (tertiary/aromatic N) is 3. The van der Waals surface area contributed by atoms with Gasteiger partial charge in [0.25, 0.3) is 0 Å². The molecule has 1 saturated heterocycles. The zero-order valence-corrected chi connectivity index (χ0v) is 19.1. The fourth-order valence-electron chi connectivity index (χ4n) is 4.20. The van der Waals surface area contributed by atoms with Crippen LogP contribution in [0.2, 0.25) is 0 Å². The molecular formula is C25H31N5O3. The summed E-state index contributed by atoms with van der Waals surface area (Å²) in [6.07, 6.45) is 7.48. The molecule has 1 aromatic carbocycles. The molecule has 1 aliphatic rings. The highest BCUT2D eigenvalue weighted by Gasteiger charge is 2.27. The van der Waals surface area contributed by atoms with E-state index in [9.17, 15) is 14.7 Å². The molecule has 174 valence electrons. The smallest absolute Gasteiger partial charge is 0.319 e. The van der Waals surface area contributed by atoms with Gasteiger partial charge in [-0.25, -0.2) is 9.78 Å². The van der Waals surface area contributed by atoms with E-state index in [1.54, 1.807) is 20.0 Å². The number of fused-ring (bicyclic) bond motifs is 1. The summed E-state index contributed by atoms with van der Waals surface area (Å²) in [6, 6.07) is 11.5. The number of pyridine rings is 1. The molecule has 3 N–H and O–H groups in total. The average molecular weight is 450 g/mol. The molecule has 0 saturated carbocycles. The summed E-state index contributed by atoms with van der Waals surface area (Å²) < 4.78 is 1.92. The molecule has 33 heavy (non-hydrogen) atoms. The molecule has 8 nitrogen and oxygen atoms in total. The maximum atomic E-state index is 12.3. The lowest BCUT2D eigenvalue weighted by Gasteiger charge is -2.33. The largest absolute Gasteiger partial charge is 0.390 e. The third-order valence-electron chi connectivity index (χ3n) is 5.99. The summed E-state index contributed by atoms with van der Waals surface area (Å²) in [5.41, 5.74) is 2.79. The Labute approximate surface area is 193 Å². The van der Waals surface area contributed by atoms with E-state index < -0.39 is 5.60 Å². The van der Waals surface area contributed by atoms with Crippen LogP contribution in [0, 0.1) is 0 Å². The minimum atomic E-state index is -0.976. The molecule has 1 fully saturated rings. The van der Waals surface area contributed by atoms with Gasteiger partial charge in [-0.05, 0) is 68.0 Å². The Morgan fingerprint density at radius 3 is 2.55 bits per heavy atom. The first kappa shape index (κ1) is 22.8. The number of amides is 3. The quantitative estimate of drug-likeness (QED) is 0.536. The van der Waals surface area contributed by atoms with Gasteiger partial charge in [-0.2, -0.15) is 0 Å². The van der Waals surface area contributed by atoms with E-state index in [1.165, 1.54) is 5.56 Å². The lowest BCUT2D eigenvalue weighted by atomic mass is 9.89. The van der Waals surface area contributed by atoms with Gasteiger partial charge in [0.1, 0.15) is 5.65 Å². The summed E-state index contributed by atoms with van der Waals surface area (Å²) >= 11 is 0. The third kappa shape index (κ3) is 6.10. The van der Waals surface area contributed by atoms with Crippen LogP contribution in [0.1, 0.15) is 50.2 Å². The van der Waals surface area contributed by atoms with Gasteiger partial charge in [-0.3, -0.25) is 4.79 Å². The second kappa shape index (κ2) is 9.62. The molecule has 8 heteroatoms. The summed E-state index contributed by atoms with van der Waals surface area (Å²) in [6.45, 7) is 5.14. The Bertz CT molecular complexity index is 1110. The summed E-state index contributed by atoms with van der Waals surface area (Å²) in [7, 11) is 0. The highest BCUT2D eigenvalue weighted by molar-refractivity contribution is 5.89. The van der Waals surface area contributed by atoms with Crippen molar-refractivity contribution in [3.8, 4) is 0 Å². The zero-order valence-electron chi connectivity index (χ0n) is 19.1. The maximum absolute atomic E-state index is 12.3. The minimum absolute atomic E-state index is 0.0104. The van der Waals surface area contributed by atoms with Gasteiger partial charge in [0.05, 0.1) is 12.0 Å². The molecule has 3 amide bonds. The van der Waals surface area contributed by atoms with Gasteiger partial charge in [0.2, 0.25) is 5.91 Å². The van der Waals surface area contributed by atoms with E-state index in [1.807, 2.05) is 58.1 Å². The van der Waals surface area contributed by atoms with Crippen molar-refractivity contribution >= 4 is 23.3 Å². The molecule has 3 aromatic rings.